The van der Waals surface area contributed by atoms with Crippen LogP contribution in [0.3, 0.4) is 0 Å². The predicted molar refractivity (Wildman–Crippen MR) is 178 cm³/mol. The van der Waals surface area contributed by atoms with E-state index in [4.69, 9.17) is 17.3 Å². The highest BCUT2D eigenvalue weighted by Crippen LogP contribution is 2.24. The Hall–Kier alpha value is -4.52. The van der Waals surface area contributed by atoms with Crippen LogP contribution < -0.4 is 27.2 Å². The summed E-state index contributed by atoms with van der Waals surface area (Å²) >= 11 is 6.32. The number of amides is 2. The van der Waals surface area contributed by atoms with E-state index in [2.05, 4.69) is 47.7 Å². The number of nitrogen functional groups attached to an aromatic ring is 1. The normalized spacial score (nSPS) is 13.9. The van der Waals surface area contributed by atoms with Crippen molar-refractivity contribution in [3.63, 3.8) is 0 Å². The van der Waals surface area contributed by atoms with Crippen molar-refractivity contribution in [1.82, 2.24) is 30.1 Å². The Kier molecular flexibility index (Phi) is 10.6. The van der Waals surface area contributed by atoms with Gasteiger partial charge in [0, 0.05) is 62.1 Å². The second kappa shape index (κ2) is 15.0. The Balaban J connectivity index is 1.15. The van der Waals surface area contributed by atoms with Gasteiger partial charge < -0.3 is 36.5 Å². The fourth-order valence-electron chi connectivity index (χ4n) is 5.12. The minimum Gasteiger partial charge on any atom is -0.399 e. The van der Waals surface area contributed by atoms with Crippen molar-refractivity contribution in [3.8, 4) is 0 Å². The number of hydrogen-bond acceptors (Lipinski definition) is 9. The quantitative estimate of drug-likeness (QED) is 0.117. The maximum absolute atomic E-state index is 13.1. The van der Waals surface area contributed by atoms with Crippen LogP contribution in [-0.2, 0) is 6.42 Å². The molecule has 0 saturated carbocycles. The zero-order chi connectivity index (χ0) is 31.8. The van der Waals surface area contributed by atoms with Gasteiger partial charge in [-0.3, -0.25) is 14.4 Å². The number of likely N-dealkylation sites (N-methyl/N-ethyl adjacent to an activating group) is 1. The molecule has 6 N–H and O–H groups in total. The third kappa shape index (κ3) is 8.78. The second-order valence-corrected chi connectivity index (χ2v) is 11.6. The number of nitrogens with one attached hydrogen (secondary N) is 4. The van der Waals surface area contributed by atoms with Gasteiger partial charge in [0.25, 0.3) is 17.4 Å². The van der Waals surface area contributed by atoms with Gasteiger partial charge >= 0.3 is 0 Å². The summed E-state index contributed by atoms with van der Waals surface area (Å²) in [6.07, 6.45) is 4.00. The number of fused-ring (bicyclic) bond motifs is 1. The monoisotopic (exact) mass is 631 g/mol. The molecule has 236 valence electrons. The predicted octanol–water partition coefficient (Wildman–Crippen LogP) is 3.22. The summed E-state index contributed by atoms with van der Waals surface area (Å²) < 4.78 is 0. The lowest BCUT2D eigenvalue weighted by molar-refractivity contribution is 0.0951. The smallest absolute Gasteiger partial charge is 0.262 e. The number of anilines is 3. The molecule has 0 radical (unpaired) electrons. The van der Waals surface area contributed by atoms with E-state index in [0.717, 1.165) is 57.5 Å². The van der Waals surface area contributed by atoms with Crippen LogP contribution in [0, 0.1) is 0 Å². The number of nitrogens with zero attached hydrogens (tertiary/aromatic N) is 4. The number of halogens is 1. The number of nitrogens with two attached hydrogens (primary N) is 1. The topological polar surface area (TPSA) is 161 Å². The summed E-state index contributed by atoms with van der Waals surface area (Å²) in [5.74, 6) is -0.578. The molecular weight excluding hydrogens is 594 g/mol. The summed E-state index contributed by atoms with van der Waals surface area (Å²) in [5, 5.41) is 9.47. The van der Waals surface area contributed by atoms with Gasteiger partial charge in [-0.15, -0.1) is 0 Å². The third-order valence-corrected chi connectivity index (χ3v) is 8.05. The lowest BCUT2D eigenvalue weighted by Crippen LogP contribution is -2.44. The van der Waals surface area contributed by atoms with E-state index < -0.39 is 11.5 Å². The third-order valence-electron chi connectivity index (χ3n) is 7.72. The van der Waals surface area contributed by atoms with Gasteiger partial charge in [-0.2, -0.15) is 4.98 Å². The number of pyridine rings is 1. The Bertz CT molecular complexity index is 1720. The highest BCUT2D eigenvalue weighted by molar-refractivity contribution is 6.34. The maximum atomic E-state index is 13.1. The number of aromatic nitrogens is 3. The van der Waals surface area contributed by atoms with Crippen molar-refractivity contribution in [3.05, 3.63) is 86.8 Å². The zero-order valence-electron chi connectivity index (χ0n) is 25.2. The molecule has 2 amide bonds. The van der Waals surface area contributed by atoms with Gasteiger partial charge in [-0.25, -0.2) is 4.98 Å². The van der Waals surface area contributed by atoms with Gasteiger partial charge in [0.05, 0.1) is 10.7 Å². The van der Waals surface area contributed by atoms with Crippen LogP contribution in [0.5, 0.6) is 0 Å². The lowest BCUT2D eigenvalue weighted by atomic mass is 10.1. The molecule has 0 bridgehead atoms. The van der Waals surface area contributed by atoms with E-state index in [1.165, 1.54) is 18.2 Å². The Morgan fingerprint density at radius 1 is 1.02 bits per heavy atom. The molecule has 13 heteroatoms. The number of H-pyrrole nitrogens is 1. The highest BCUT2D eigenvalue weighted by Gasteiger charge is 2.17. The van der Waals surface area contributed by atoms with Gasteiger partial charge in [0.1, 0.15) is 11.2 Å². The molecule has 4 aromatic rings. The van der Waals surface area contributed by atoms with Gasteiger partial charge in [0.15, 0.2) is 0 Å². The van der Waals surface area contributed by atoms with Gasteiger partial charge in [-0.1, -0.05) is 23.7 Å². The number of aromatic amines is 1. The molecule has 1 fully saturated rings. The van der Waals surface area contributed by atoms with Crippen LogP contribution in [0.2, 0.25) is 5.02 Å². The summed E-state index contributed by atoms with van der Waals surface area (Å²) in [6.45, 7) is 6.45. The number of benzene rings is 2. The van der Waals surface area contributed by atoms with Crippen LogP contribution in [0.1, 0.15) is 39.1 Å². The molecule has 0 unspecified atom stereocenters. The van der Waals surface area contributed by atoms with Crippen LogP contribution in [0.4, 0.5) is 17.3 Å². The minimum absolute atomic E-state index is 0.133. The maximum Gasteiger partial charge on any atom is 0.262 e. The average Bonchev–Trinajstić information content (AvgIpc) is 3.02. The van der Waals surface area contributed by atoms with Crippen molar-refractivity contribution in [2.75, 3.05) is 69.2 Å². The molecule has 0 atom stereocenters. The first kappa shape index (κ1) is 31.9. The zero-order valence-corrected chi connectivity index (χ0v) is 26.0. The fraction of sp³-hybridized carbons (Fsp3) is 0.344. The second-order valence-electron chi connectivity index (χ2n) is 11.2. The van der Waals surface area contributed by atoms with Crippen molar-refractivity contribution in [1.29, 1.82) is 0 Å². The molecule has 2 aromatic carbocycles. The SMILES string of the molecule is CN1CCN(CCCNc2ncc3cc(C(=O)Nc4cc(C(=O)NCCCc5cccc(N)c5)ccc4Cl)c(=O)[nH]c3n2)CC1. The number of aryl methyl sites for hydroxylation is 1. The molecular formula is C32H38ClN9O3. The number of carbonyl (C=O) groups excluding carboxylic acids is 2. The number of piperazine rings is 1. The summed E-state index contributed by atoms with van der Waals surface area (Å²) in [5.41, 5.74) is 7.74. The van der Waals surface area contributed by atoms with E-state index in [1.807, 2.05) is 24.3 Å². The van der Waals surface area contributed by atoms with Crippen LogP contribution >= 0.6 is 11.6 Å². The number of carbonyl (C=O) groups is 2. The Morgan fingerprint density at radius 2 is 1.84 bits per heavy atom. The molecule has 1 aliphatic heterocycles. The molecule has 5 rings (SSSR count). The summed E-state index contributed by atoms with van der Waals surface area (Å²) in [7, 11) is 2.14. The minimum atomic E-state index is -0.675. The largest absolute Gasteiger partial charge is 0.399 e. The van der Waals surface area contributed by atoms with Crippen LogP contribution in [0.25, 0.3) is 11.0 Å². The van der Waals surface area contributed by atoms with E-state index in [1.54, 1.807) is 12.3 Å². The first-order valence-corrected chi connectivity index (χ1v) is 15.4. The molecule has 0 spiro atoms. The van der Waals surface area contributed by atoms with E-state index in [0.29, 0.717) is 41.3 Å². The standard InChI is InChI=1S/C32H38ClN9O3/c1-41-13-15-42(16-14-41)12-4-11-36-32-37-20-23-18-25(31(45)39-28(23)40-32)30(44)38-27-19-22(8-9-26(27)33)29(43)35-10-3-6-21-5-2-7-24(34)17-21/h2,5,7-9,17-20H,3-4,6,10-16,34H2,1H3,(H,35,43)(H,38,44)(H2,36,37,39,40,45). The van der Waals surface area contributed by atoms with E-state index in [-0.39, 0.29) is 22.2 Å². The van der Waals surface area contributed by atoms with Crippen molar-refractivity contribution in [2.24, 2.45) is 0 Å². The number of rotatable bonds is 12. The fourth-order valence-corrected chi connectivity index (χ4v) is 5.28. The average molecular weight is 632 g/mol. The first-order chi connectivity index (χ1) is 21.7. The number of hydrogen-bond donors (Lipinski definition) is 5. The molecule has 3 heterocycles. The van der Waals surface area contributed by atoms with E-state index >= 15 is 0 Å². The first-order valence-electron chi connectivity index (χ1n) is 15.0. The van der Waals surface area contributed by atoms with Gasteiger partial charge in [0.2, 0.25) is 5.95 Å². The van der Waals surface area contributed by atoms with Crippen molar-refractivity contribution in [2.45, 2.75) is 19.3 Å². The molecule has 1 saturated heterocycles. The summed E-state index contributed by atoms with van der Waals surface area (Å²) in [4.78, 5) is 54.9. The molecule has 0 aliphatic carbocycles. The molecule has 1 aliphatic rings. The van der Waals surface area contributed by atoms with E-state index in [9.17, 15) is 14.4 Å². The highest BCUT2D eigenvalue weighted by atomic mass is 35.5. The van der Waals surface area contributed by atoms with Crippen molar-refractivity contribution >= 4 is 51.8 Å². The van der Waals surface area contributed by atoms with Gasteiger partial charge in [-0.05, 0) is 74.8 Å². The van der Waals surface area contributed by atoms with Crippen molar-refractivity contribution < 1.29 is 9.59 Å². The van der Waals surface area contributed by atoms with Crippen LogP contribution in [-0.4, -0.2) is 89.4 Å². The molecule has 12 nitrogen and oxygen atoms in total. The van der Waals surface area contributed by atoms with Crippen LogP contribution in [0.15, 0.2) is 59.5 Å². The molecule has 2 aromatic heterocycles. The Labute approximate surface area is 266 Å². The Morgan fingerprint density at radius 3 is 2.64 bits per heavy atom. The molecule has 45 heavy (non-hydrogen) atoms. The lowest BCUT2D eigenvalue weighted by Gasteiger charge is -2.32. The summed E-state index contributed by atoms with van der Waals surface area (Å²) in [6, 6.07) is 13.7.